The van der Waals surface area contributed by atoms with Crippen molar-refractivity contribution in [1.29, 1.82) is 0 Å². The van der Waals surface area contributed by atoms with E-state index in [-0.39, 0.29) is 6.42 Å². The highest BCUT2D eigenvalue weighted by molar-refractivity contribution is 6.65. The number of rotatable bonds is 26. The highest BCUT2D eigenvalue weighted by atomic mass is 35.5. The van der Waals surface area contributed by atoms with Crippen molar-refractivity contribution >= 4 is 33.7 Å². The summed E-state index contributed by atoms with van der Waals surface area (Å²) in [5.41, 5.74) is 0. The average molecular weight is 493 g/mol. The zero-order chi connectivity index (χ0) is 23.7. The minimum absolute atomic E-state index is 0.178. The first kappa shape index (κ1) is 31.9. The highest BCUT2D eigenvalue weighted by Gasteiger charge is 2.16. The summed E-state index contributed by atoms with van der Waals surface area (Å²) in [5, 5.41) is 2.28. The zero-order valence-corrected chi connectivity index (χ0v) is 22.4. The lowest BCUT2D eigenvalue weighted by molar-refractivity contribution is -0.114. The maximum Gasteiger partial charge on any atom is 0.238 e. The maximum atomic E-state index is 11.3. The maximum absolute atomic E-state index is 11.3. The van der Waals surface area contributed by atoms with Crippen molar-refractivity contribution in [3.8, 4) is 0 Å². The molecule has 190 valence electrons. The second kappa shape index (κ2) is 25.5. The predicted octanol–water partition coefficient (Wildman–Crippen LogP) is 9.08. The number of halogens is 2. The molecule has 0 aromatic heterocycles. The molecule has 0 aromatic rings. The molecule has 0 heterocycles. The van der Waals surface area contributed by atoms with Gasteiger partial charge in [0.15, 0.2) is 0 Å². The largest absolute Gasteiger partial charge is 0.306 e. The Hall–Kier alpha value is -0.120. The second-order valence-electron chi connectivity index (χ2n) is 9.42. The van der Waals surface area contributed by atoms with Gasteiger partial charge in [-0.25, -0.2) is 0 Å². The van der Waals surface area contributed by atoms with Crippen molar-refractivity contribution in [2.75, 3.05) is 6.54 Å². The third-order valence-corrected chi connectivity index (χ3v) is 6.78. The van der Waals surface area contributed by atoms with Crippen molar-refractivity contribution in [2.24, 2.45) is 0 Å². The molecule has 0 aliphatic heterocycles. The Morgan fingerprint density at radius 2 is 0.938 bits per heavy atom. The van der Waals surface area contributed by atoms with Gasteiger partial charge < -0.3 is 5.32 Å². The van der Waals surface area contributed by atoms with Crippen LogP contribution in [0.2, 0.25) is 0 Å². The van der Waals surface area contributed by atoms with E-state index in [0.717, 1.165) is 13.0 Å². The predicted molar refractivity (Wildman–Crippen MR) is 141 cm³/mol. The monoisotopic (exact) mass is 491 g/mol. The van der Waals surface area contributed by atoms with Gasteiger partial charge in [-0.3, -0.25) is 9.59 Å². The number of nitrogens with one attached hydrogen (secondary N) is 1. The molecule has 0 rings (SSSR count). The lowest BCUT2D eigenvalue weighted by Gasteiger charge is -2.13. The molecule has 5 heteroatoms. The molecule has 0 aromatic carbocycles. The van der Waals surface area contributed by atoms with Gasteiger partial charge in [0.1, 0.15) is 0 Å². The van der Waals surface area contributed by atoms with Gasteiger partial charge in [-0.05, 0) is 42.6 Å². The minimum atomic E-state index is -0.459. The van der Waals surface area contributed by atoms with Crippen LogP contribution in [-0.4, -0.2) is 23.1 Å². The molecule has 0 aliphatic carbocycles. The Morgan fingerprint density at radius 3 is 1.25 bits per heavy atom. The van der Waals surface area contributed by atoms with E-state index in [1.165, 1.54) is 122 Å². The Bertz CT molecular complexity index is 432. The summed E-state index contributed by atoms with van der Waals surface area (Å²) in [4.78, 5) is 22.2. The Kier molecular flexibility index (Phi) is 25.4. The number of carbonyl (C=O) groups is 2. The first-order valence-electron chi connectivity index (χ1n) is 13.7. The zero-order valence-electron chi connectivity index (χ0n) is 20.9. The molecule has 0 bridgehead atoms. The summed E-state index contributed by atoms with van der Waals surface area (Å²) in [6.45, 7) is 3.05. The van der Waals surface area contributed by atoms with Gasteiger partial charge >= 0.3 is 0 Å². The molecule has 0 spiro atoms. The summed E-state index contributed by atoms with van der Waals surface area (Å²) in [6, 6.07) is -0.459. The fourth-order valence-corrected chi connectivity index (χ4v) is 4.51. The molecule has 0 unspecified atom stereocenters. The summed E-state index contributed by atoms with van der Waals surface area (Å²) in [7, 11) is 0. The topological polar surface area (TPSA) is 46.2 Å². The summed E-state index contributed by atoms with van der Waals surface area (Å²) in [5.74, 6) is 0. The Balaban J connectivity index is 3.23. The number of hydrogen-bond donors (Lipinski definition) is 1. The Labute approximate surface area is 209 Å². The van der Waals surface area contributed by atoms with Crippen LogP contribution in [0.15, 0.2) is 0 Å². The number of hydrogen-bond acceptors (Lipinski definition) is 3. The summed E-state index contributed by atoms with van der Waals surface area (Å²) < 4.78 is 0. The molecule has 32 heavy (non-hydrogen) atoms. The third-order valence-electron chi connectivity index (χ3n) is 6.32. The van der Waals surface area contributed by atoms with Crippen molar-refractivity contribution in [2.45, 2.75) is 154 Å². The van der Waals surface area contributed by atoms with E-state index in [1.54, 1.807) is 0 Å². The van der Waals surface area contributed by atoms with Crippen LogP contribution in [0.25, 0.3) is 0 Å². The van der Waals surface area contributed by atoms with Gasteiger partial charge in [0.25, 0.3) is 0 Å². The summed E-state index contributed by atoms with van der Waals surface area (Å²) in [6.07, 6.45) is 28.0. The van der Waals surface area contributed by atoms with E-state index in [4.69, 9.17) is 23.2 Å². The van der Waals surface area contributed by atoms with Crippen LogP contribution in [0.1, 0.15) is 148 Å². The molecule has 0 saturated heterocycles. The molecule has 1 N–H and O–H groups in total. The fourth-order valence-electron chi connectivity index (χ4n) is 4.21. The van der Waals surface area contributed by atoms with E-state index < -0.39 is 16.5 Å². The molecule has 0 saturated carbocycles. The van der Waals surface area contributed by atoms with Crippen LogP contribution in [-0.2, 0) is 9.59 Å². The molecule has 1 atom stereocenters. The molecular formula is C27H51Cl2NO2. The van der Waals surface area contributed by atoms with Crippen LogP contribution in [0.4, 0.5) is 0 Å². The van der Waals surface area contributed by atoms with Crippen molar-refractivity contribution in [1.82, 2.24) is 5.32 Å². The van der Waals surface area contributed by atoms with Gasteiger partial charge in [-0.2, -0.15) is 0 Å². The minimum Gasteiger partial charge on any atom is -0.306 e. The van der Waals surface area contributed by atoms with Crippen LogP contribution < -0.4 is 5.32 Å². The van der Waals surface area contributed by atoms with Gasteiger partial charge in [-0.1, -0.05) is 129 Å². The van der Waals surface area contributed by atoms with Crippen LogP contribution >= 0.6 is 23.2 Å². The van der Waals surface area contributed by atoms with Crippen LogP contribution in [0, 0.1) is 0 Å². The lowest BCUT2D eigenvalue weighted by Crippen LogP contribution is -2.35. The fraction of sp³-hybridized carbons (Fsp3) is 0.926. The first-order valence-corrected chi connectivity index (χ1v) is 14.4. The normalized spacial score (nSPS) is 12.2. The summed E-state index contributed by atoms with van der Waals surface area (Å²) >= 11 is 10.9. The average Bonchev–Trinajstić information content (AvgIpc) is 2.76. The van der Waals surface area contributed by atoms with Gasteiger partial charge in [0.05, 0.1) is 6.04 Å². The smallest absolute Gasteiger partial charge is 0.238 e. The van der Waals surface area contributed by atoms with E-state index in [1.807, 2.05) is 0 Å². The second-order valence-corrected chi connectivity index (χ2v) is 10.2. The lowest BCUT2D eigenvalue weighted by atomic mass is 10.0. The Morgan fingerprint density at radius 1 is 0.594 bits per heavy atom. The van der Waals surface area contributed by atoms with E-state index in [0.29, 0.717) is 6.42 Å². The van der Waals surface area contributed by atoms with Gasteiger partial charge in [0.2, 0.25) is 10.5 Å². The van der Waals surface area contributed by atoms with Crippen molar-refractivity contribution in [3.63, 3.8) is 0 Å². The van der Waals surface area contributed by atoms with Gasteiger partial charge in [-0.15, -0.1) is 0 Å². The molecule has 0 fully saturated rings. The third kappa shape index (κ3) is 24.5. The van der Waals surface area contributed by atoms with E-state index in [9.17, 15) is 9.59 Å². The SMILES string of the molecule is CCCCCCCCCCCCCCCCCCCCCCN[C@H](CCC(=O)Cl)C(=O)Cl. The molecule has 0 radical (unpaired) electrons. The van der Waals surface area contributed by atoms with E-state index in [2.05, 4.69) is 12.2 Å². The number of unbranched alkanes of at least 4 members (excludes halogenated alkanes) is 19. The molecule has 3 nitrogen and oxygen atoms in total. The molecule has 0 aliphatic rings. The standard InChI is InChI=1S/C27H51Cl2NO2/c1-2-3-4-5-6-7-8-9-10-11-12-13-14-15-16-17-18-19-20-21-24-30-25(27(29)32)22-23-26(28)31/h25,30H,2-24H2,1H3/t25-/m1/s1. The number of carbonyl (C=O) groups excluding carboxylic acids is 2. The highest BCUT2D eigenvalue weighted by Crippen LogP contribution is 2.15. The van der Waals surface area contributed by atoms with Crippen LogP contribution in [0.3, 0.4) is 0 Å². The molecule has 0 amide bonds. The van der Waals surface area contributed by atoms with Gasteiger partial charge in [0, 0.05) is 6.42 Å². The van der Waals surface area contributed by atoms with Crippen molar-refractivity contribution in [3.05, 3.63) is 0 Å². The first-order chi connectivity index (χ1) is 15.6. The molecular weight excluding hydrogens is 441 g/mol. The van der Waals surface area contributed by atoms with E-state index >= 15 is 0 Å². The quantitative estimate of drug-likeness (QED) is 0.0967. The van der Waals surface area contributed by atoms with Crippen molar-refractivity contribution < 1.29 is 9.59 Å². The van der Waals surface area contributed by atoms with Crippen LogP contribution in [0.5, 0.6) is 0 Å².